The molecule has 0 aliphatic rings. The Morgan fingerprint density at radius 2 is 1.46 bits per heavy atom. The summed E-state index contributed by atoms with van der Waals surface area (Å²) < 4.78 is 44.4. The van der Waals surface area contributed by atoms with E-state index in [1.807, 2.05) is 38.1 Å². The molecule has 3 rings (SSSR count). The molecule has 0 spiro atoms. The second-order valence-electron chi connectivity index (χ2n) is 8.97. The zero-order valence-corrected chi connectivity index (χ0v) is 21.0. The number of alkyl halides is 3. The predicted octanol–water partition coefficient (Wildman–Crippen LogP) is 6.55. The van der Waals surface area contributed by atoms with Crippen molar-refractivity contribution in [3.63, 3.8) is 0 Å². The van der Waals surface area contributed by atoms with Crippen LogP contribution in [0, 0.1) is 0 Å². The molecule has 0 aliphatic heterocycles. The number of aliphatic carboxylic acids is 1. The highest BCUT2D eigenvalue weighted by Crippen LogP contribution is 2.33. The number of carbonyl (C=O) groups excluding carboxylic acids is 1. The number of nitrogens with zero attached hydrogens (tertiary/aromatic N) is 1. The van der Waals surface area contributed by atoms with Gasteiger partial charge in [0, 0.05) is 13.1 Å². The molecule has 0 aromatic heterocycles. The maximum absolute atomic E-state index is 13.2. The Bertz CT molecular complexity index is 1220. The number of ether oxygens (including phenoxy) is 1. The van der Waals surface area contributed by atoms with Gasteiger partial charge in [-0.2, -0.15) is 13.2 Å². The molecule has 0 fully saturated rings. The third-order valence-corrected chi connectivity index (χ3v) is 6.40. The van der Waals surface area contributed by atoms with E-state index in [2.05, 4.69) is 0 Å². The number of likely N-dealkylation sites (N-methyl/N-ethyl adjacent to an activating group) is 1. The second-order valence-corrected chi connectivity index (χ2v) is 8.97. The first kappa shape index (κ1) is 27.8. The summed E-state index contributed by atoms with van der Waals surface area (Å²) in [6, 6.07) is 19.1. The van der Waals surface area contributed by atoms with Crippen molar-refractivity contribution in [1.82, 2.24) is 4.90 Å². The summed E-state index contributed by atoms with van der Waals surface area (Å²) in [5.74, 6) is -0.762. The molecule has 3 aromatic carbocycles. The average molecular weight is 514 g/mol. The maximum atomic E-state index is 13.2. The van der Waals surface area contributed by atoms with Crippen LogP contribution in [0.4, 0.5) is 13.2 Å². The monoisotopic (exact) mass is 513 g/mol. The Morgan fingerprint density at radius 1 is 0.865 bits per heavy atom. The average Bonchev–Trinajstić information content (AvgIpc) is 2.87. The van der Waals surface area contributed by atoms with Gasteiger partial charge in [-0.05, 0) is 73.4 Å². The lowest BCUT2D eigenvalue weighted by Gasteiger charge is -2.33. The van der Waals surface area contributed by atoms with Crippen LogP contribution in [0.2, 0.25) is 0 Å². The first-order chi connectivity index (χ1) is 17.5. The van der Waals surface area contributed by atoms with Crippen LogP contribution in [0.25, 0.3) is 11.1 Å². The minimum absolute atomic E-state index is 0.221. The largest absolute Gasteiger partial charge is 0.489 e. The van der Waals surface area contributed by atoms with Gasteiger partial charge < -0.3 is 14.7 Å². The van der Waals surface area contributed by atoms with E-state index in [1.54, 1.807) is 36.1 Å². The number of carboxylic acid groups (broad SMARTS) is 1. The smallest absolute Gasteiger partial charge is 0.416 e. The van der Waals surface area contributed by atoms with Crippen LogP contribution in [0.1, 0.15) is 43.9 Å². The maximum Gasteiger partial charge on any atom is 0.416 e. The number of amides is 1. The molecular weight excluding hydrogens is 483 g/mol. The van der Waals surface area contributed by atoms with Gasteiger partial charge in [-0.15, -0.1) is 0 Å². The quantitative estimate of drug-likeness (QED) is 0.334. The molecular formula is C29H30F3NO4. The summed E-state index contributed by atoms with van der Waals surface area (Å²) in [6.07, 6.45) is -4.72. The molecule has 0 radical (unpaired) electrons. The number of hydrogen-bond acceptors (Lipinski definition) is 3. The van der Waals surface area contributed by atoms with E-state index in [0.29, 0.717) is 30.0 Å². The molecule has 1 N–H and O–H groups in total. The van der Waals surface area contributed by atoms with Crippen LogP contribution < -0.4 is 4.74 Å². The molecule has 196 valence electrons. The molecule has 0 aliphatic carbocycles. The van der Waals surface area contributed by atoms with Gasteiger partial charge in [0.05, 0.1) is 17.4 Å². The van der Waals surface area contributed by atoms with Crippen molar-refractivity contribution in [3.8, 4) is 16.9 Å². The number of carbonyl (C=O) groups is 2. The number of rotatable bonds is 10. The van der Waals surface area contributed by atoms with E-state index in [1.165, 1.54) is 12.1 Å². The lowest BCUT2D eigenvalue weighted by molar-refractivity contribution is -0.145. The fourth-order valence-corrected chi connectivity index (χ4v) is 4.24. The first-order valence-corrected chi connectivity index (χ1v) is 12.0. The topological polar surface area (TPSA) is 66.8 Å². The Kier molecular flexibility index (Phi) is 8.63. The Morgan fingerprint density at radius 3 is 2.00 bits per heavy atom. The molecule has 0 saturated heterocycles. The highest BCUT2D eigenvalue weighted by Gasteiger charge is 2.39. The van der Waals surface area contributed by atoms with Crippen molar-refractivity contribution in [2.45, 2.75) is 45.4 Å². The fourth-order valence-electron chi connectivity index (χ4n) is 4.24. The Balaban J connectivity index is 1.74. The summed E-state index contributed by atoms with van der Waals surface area (Å²) in [7, 11) is 0. The van der Waals surface area contributed by atoms with E-state index in [0.717, 1.165) is 23.3 Å². The van der Waals surface area contributed by atoms with Crippen molar-refractivity contribution >= 4 is 11.9 Å². The van der Waals surface area contributed by atoms with E-state index in [9.17, 15) is 27.9 Å². The lowest BCUT2D eigenvalue weighted by Crippen LogP contribution is -2.46. The van der Waals surface area contributed by atoms with Gasteiger partial charge >= 0.3 is 12.1 Å². The molecule has 37 heavy (non-hydrogen) atoms. The normalized spacial score (nSPS) is 13.0. The van der Waals surface area contributed by atoms with E-state index < -0.39 is 23.1 Å². The summed E-state index contributed by atoms with van der Waals surface area (Å²) in [4.78, 5) is 26.3. The molecule has 0 bridgehead atoms. The summed E-state index contributed by atoms with van der Waals surface area (Å²) in [6.45, 7) is 6.54. The molecule has 0 saturated carbocycles. The fraction of sp³-hybridized carbons (Fsp3) is 0.310. The minimum Gasteiger partial charge on any atom is -0.489 e. The highest BCUT2D eigenvalue weighted by atomic mass is 19.4. The lowest BCUT2D eigenvalue weighted by atomic mass is 9.78. The molecule has 5 nitrogen and oxygen atoms in total. The number of benzene rings is 3. The van der Waals surface area contributed by atoms with Crippen molar-refractivity contribution in [2.75, 3.05) is 13.1 Å². The number of carboxylic acids is 1. The zero-order chi connectivity index (χ0) is 27.2. The van der Waals surface area contributed by atoms with Gasteiger partial charge in [-0.25, -0.2) is 0 Å². The van der Waals surface area contributed by atoms with Crippen LogP contribution >= 0.6 is 0 Å². The highest BCUT2D eigenvalue weighted by molar-refractivity contribution is 5.91. The van der Waals surface area contributed by atoms with Gasteiger partial charge in [0.25, 0.3) is 0 Å². The molecule has 1 atom stereocenters. The Labute approximate surface area is 214 Å². The van der Waals surface area contributed by atoms with E-state index >= 15 is 0 Å². The predicted molar refractivity (Wildman–Crippen MR) is 135 cm³/mol. The van der Waals surface area contributed by atoms with E-state index in [4.69, 9.17) is 4.74 Å². The van der Waals surface area contributed by atoms with Gasteiger partial charge in [0.1, 0.15) is 12.4 Å². The molecule has 0 heterocycles. The van der Waals surface area contributed by atoms with Crippen LogP contribution in [0.15, 0.2) is 72.8 Å². The van der Waals surface area contributed by atoms with Crippen molar-refractivity contribution < 1.29 is 32.6 Å². The first-order valence-electron chi connectivity index (χ1n) is 12.0. The molecule has 1 amide bonds. The molecule has 3 aromatic rings. The third kappa shape index (κ3) is 6.70. The van der Waals surface area contributed by atoms with Crippen LogP contribution in [0.3, 0.4) is 0 Å². The summed E-state index contributed by atoms with van der Waals surface area (Å²) in [5, 5.41) is 9.46. The van der Waals surface area contributed by atoms with E-state index in [-0.39, 0.29) is 18.9 Å². The van der Waals surface area contributed by atoms with Gasteiger partial charge in [-0.1, -0.05) is 42.5 Å². The van der Waals surface area contributed by atoms with Gasteiger partial charge in [0.15, 0.2) is 0 Å². The molecule has 8 heteroatoms. The summed E-state index contributed by atoms with van der Waals surface area (Å²) in [5.41, 5.74) is 0.931. The van der Waals surface area contributed by atoms with Crippen LogP contribution in [-0.2, 0) is 27.8 Å². The van der Waals surface area contributed by atoms with Crippen LogP contribution in [-0.4, -0.2) is 35.0 Å². The zero-order valence-electron chi connectivity index (χ0n) is 21.0. The summed E-state index contributed by atoms with van der Waals surface area (Å²) >= 11 is 0. The standard InChI is InChI=1S/C29H30F3NO4/c1-4-33(5-2)27(36)28(3,18-26(34)35)23-13-15-25(16-14-23)37-19-20-7-6-8-22(17-20)21-9-11-24(12-10-21)29(30,31)32/h6-17H,4-5,18-19H2,1-3H3,(H,34,35). The van der Waals surface area contributed by atoms with Gasteiger partial charge in [0.2, 0.25) is 5.91 Å². The van der Waals surface area contributed by atoms with Crippen molar-refractivity contribution in [3.05, 3.63) is 89.5 Å². The molecule has 1 unspecified atom stereocenters. The van der Waals surface area contributed by atoms with Crippen molar-refractivity contribution in [2.24, 2.45) is 0 Å². The van der Waals surface area contributed by atoms with Crippen LogP contribution in [0.5, 0.6) is 5.75 Å². The third-order valence-electron chi connectivity index (χ3n) is 6.40. The number of hydrogen-bond donors (Lipinski definition) is 1. The SMILES string of the molecule is CCN(CC)C(=O)C(C)(CC(=O)O)c1ccc(OCc2cccc(-c3ccc(C(F)(F)F)cc3)c2)cc1. The second kappa shape index (κ2) is 11.5. The minimum atomic E-state index is -4.38. The van der Waals surface area contributed by atoms with Crippen molar-refractivity contribution in [1.29, 1.82) is 0 Å². The Hall–Kier alpha value is -3.81. The number of halogens is 3. The van der Waals surface area contributed by atoms with Gasteiger partial charge in [-0.3, -0.25) is 9.59 Å².